The SMILES string of the molecule is COc1ccc(-c2nc(C=O)sc2C)c(C)c1. The highest BCUT2D eigenvalue weighted by Gasteiger charge is 2.11. The maximum absolute atomic E-state index is 10.7. The molecule has 0 bridgehead atoms. The summed E-state index contributed by atoms with van der Waals surface area (Å²) in [5.74, 6) is 0.828. The van der Waals surface area contributed by atoms with Crippen molar-refractivity contribution < 1.29 is 9.53 Å². The van der Waals surface area contributed by atoms with Gasteiger partial charge in [-0.3, -0.25) is 4.79 Å². The van der Waals surface area contributed by atoms with Crippen LogP contribution in [-0.2, 0) is 0 Å². The quantitative estimate of drug-likeness (QED) is 0.781. The molecule has 88 valence electrons. The van der Waals surface area contributed by atoms with Crippen molar-refractivity contribution in [1.82, 2.24) is 4.98 Å². The van der Waals surface area contributed by atoms with Gasteiger partial charge in [-0.2, -0.15) is 0 Å². The Morgan fingerprint density at radius 3 is 2.65 bits per heavy atom. The number of benzene rings is 1. The zero-order valence-corrected chi connectivity index (χ0v) is 10.8. The van der Waals surface area contributed by atoms with E-state index in [1.165, 1.54) is 11.3 Å². The Kier molecular flexibility index (Phi) is 3.24. The van der Waals surface area contributed by atoms with Crippen LogP contribution in [0.5, 0.6) is 5.75 Å². The molecule has 2 aromatic rings. The highest BCUT2D eigenvalue weighted by atomic mass is 32.1. The monoisotopic (exact) mass is 247 g/mol. The van der Waals surface area contributed by atoms with E-state index in [1.54, 1.807) is 7.11 Å². The largest absolute Gasteiger partial charge is 0.497 e. The van der Waals surface area contributed by atoms with Crippen LogP contribution >= 0.6 is 11.3 Å². The fraction of sp³-hybridized carbons (Fsp3) is 0.231. The van der Waals surface area contributed by atoms with Gasteiger partial charge >= 0.3 is 0 Å². The second kappa shape index (κ2) is 4.67. The molecule has 0 aliphatic carbocycles. The number of rotatable bonds is 3. The number of ether oxygens (including phenoxy) is 1. The normalized spacial score (nSPS) is 10.3. The van der Waals surface area contributed by atoms with Gasteiger partial charge in [0, 0.05) is 10.4 Å². The van der Waals surface area contributed by atoms with E-state index in [9.17, 15) is 4.79 Å². The molecule has 0 spiro atoms. The molecule has 0 saturated heterocycles. The van der Waals surface area contributed by atoms with Gasteiger partial charge in [-0.1, -0.05) is 0 Å². The molecule has 2 rings (SSSR count). The number of carbonyl (C=O) groups is 1. The number of hydrogen-bond acceptors (Lipinski definition) is 4. The van der Waals surface area contributed by atoms with Crippen LogP contribution in [0.2, 0.25) is 0 Å². The predicted octanol–water partition coefficient (Wildman–Crippen LogP) is 3.25. The summed E-state index contributed by atoms with van der Waals surface area (Å²) in [6.45, 7) is 3.99. The second-order valence-corrected chi connectivity index (χ2v) is 4.99. The first-order valence-electron chi connectivity index (χ1n) is 5.23. The van der Waals surface area contributed by atoms with E-state index in [0.29, 0.717) is 5.01 Å². The van der Waals surface area contributed by atoms with Gasteiger partial charge in [-0.15, -0.1) is 11.3 Å². The lowest BCUT2D eigenvalue weighted by atomic mass is 10.0. The Morgan fingerprint density at radius 2 is 2.12 bits per heavy atom. The predicted molar refractivity (Wildman–Crippen MR) is 69.0 cm³/mol. The molecular weight excluding hydrogens is 234 g/mol. The van der Waals surface area contributed by atoms with Gasteiger partial charge in [-0.05, 0) is 37.6 Å². The van der Waals surface area contributed by atoms with Crippen molar-refractivity contribution in [2.75, 3.05) is 7.11 Å². The van der Waals surface area contributed by atoms with E-state index >= 15 is 0 Å². The Morgan fingerprint density at radius 1 is 1.35 bits per heavy atom. The van der Waals surface area contributed by atoms with Crippen molar-refractivity contribution in [3.63, 3.8) is 0 Å². The molecule has 0 saturated carbocycles. The molecule has 1 aromatic carbocycles. The Hall–Kier alpha value is -1.68. The van der Waals surface area contributed by atoms with Crippen LogP contribution in [0.15, 0.2) is 18.2 Å². The highest BCUT2D eigenvalue weighted by Crippen LogP contribution is 2.31. The molecule has 0 radical (unpaired) electrons. The van der Waals surface area contributed by atoms with Crippen molar-refractivity contribution in [3.05, 3.63) is 33.6 Å². The summed E-state index contributed by atoms with van der Waals surface area (Å²) in [5.41, 5.74) is 3.03. The second-order valence-electron chi connectivity index (χ2n) is 3.76. The molecule has 0 atom stereocenters. The van der Waals surface area contributed by atoms with E-state index in [4.69, 9.17) is 4.74 Å². The molecule has 4 heteroatoms. The van der Waals surface area contributed by atoms with Crippen molar-refractivity contribution in [2.45, 2.75) is 13.8 Å². The number of aldehydes is 1. The topological polar surface area (TPSA) is 39.2 Å². The van der Waals surface area contributed by atoms with Crippen LogP contribution < -0.4 is 4.74 Å². The van der Waals surface area contributed by atoms with E-state index in [1.807, 2.05) is 32.0 Å². The van der Waals surface area contributed by atoms with Crippen LogP contribution in [0.3, 0.4) is 0 Å². The van der Waals surface area contributed by atoms with Crippen molar-refractivity contribution in [3.8, 4) is 17.0 Å². The van der Waals surface area contributed by atoms with E-state index in [0.717, 1.165) is 33.7 Å². The van der Waals surface area contributed by atoms with Crippen molar-refractivity contribution in [2.24, 2.45) is 0 Å². The average molecular weight is 247 g/mol. The number of hydrogen-bond donors (Lipinski definition) is 0. The number of methoxy groups -OCH3 is 1. The lowest BCUT2D eigenvalue weighted by Gasteiger charge is -2.06. The first-order valence-corrected chi connectivity index (χ1v) is 6.05. The lowest BCUT2D eigenvalue weighted by Crippen LogP contribution is -1.89. The molecule has 3 nitrogen and oxygen atoms in total. The van der Waals surface area contributed by atoms with Crippen molar-refractivity contribution >= 4 is 17.6 Å². The molecule has 0 fully saturated rings. The summed E-state index contributed by atoms with van der Waals surface area (Å²) >= 11 is 1.42. The Bertz CT molecular complexity index is 561. The molecule has 0 aliphatic rings. The number of nitrogens with zero attached hydrogens (tertiary/aromatic N) is 1. The third kappa shape index (κ3) is 2.22. The van der Waals surface area contributed by atoms with Gasteiger partial charge in [0.15, 0.2) is 11.3 Å². The summed E-state index contributed by atoms with van der Waals surface area (Å²) in [5, 5.41) is 0.521. The zero-order chi connectivity index (χ0) is 12.4. The molecule has 0 N–H and O–H groups in total. The van der Waals surface area contributed by atoms with Gasteiger partial charge < -0.3 is 4.74 Å². The lowest BCUT2D eigenvalue weighted by molar-refractivity contribution is 0.112. The number of aryl methyl sites for hydroxylation is 2. The zero-order valence-electron chi connectivity index (χ0n) is 9.98. The van der Waals surface area contributed by atoms with Crippen LogP contribution in [0.25, 0.3) is 11.3 Å². The summed E-state index contributed by atoms with van der Waals surface area (Å²) in [6, 6.07) is 5.85. The Balaban J connectivity index is 2.52. The standard InChI is InChI=1S/C13H13NO2S/c1-8-6-10(16-3)4-5-11(8)13-9(2)17-12(7-15)14-13/h4-7H,1-3H3. The smallest absolute Gasteiger partial charge is 0.178 e. The van der Waals surface area contributed by atoms with Crippen LogP contribution in [-0.4, -0.2) is 18.4 Å². The molecular formula is C13H13NO2S. The maximum Gasteiger partial charge on any atom is 0.178 e. The Labute approximate surface area is 104 Å². The van der Waals surface area contributed by atoms with E-state index in [2.05, 4.69) is 4.98 Å². The minimum Gasteiger partial charge on any atom is -0.497 e. The molecule has 17 heavy (non-hydrogen) atoms. The van der Waals surface area contributed by atoms with Gasteiger partial charge in [0.1, 0.15) is 5.75 Å². The maximum atomic E-state index is 10.7. The molecule has 1 aromatic heterocycles. The first-order chi connectivity index (χ1) is 8.15. The van der Waals surface area contributed by atoms with Crippen LogP contribution in [0.1, 0.15) is 20.2 Å². The third-order valence-corrected chi connectivity index (χ3v) is 3.50. The molecule has 0 unspecified atom stereocenters. The van der Waals surface area contributed by atoms with E-state index < -0.39 is 0 Å². The summed E-state index contributed by atoms with van der Waals surface area (Å²) in [6.07, 6.45) is 0.792. The number of carbonyl (C=O) groups excluding carboxylic acids is 1. The molecule has 0 aliphatic heterocycles. The molecule has 1 heterocycles. The van der Waals surface area contributed by atoms with Gasteiger partial charge in [0.25, 0.3) is 0 Å². The van der Waals surface area contributed by atoms with Gasteiger partial charge in [0.05, 0.1) is 12.8 Å². The minimum absolute atomic E-state index is 0.521. The van der Waals surface area contributed by atoms with Crippen LogP contribution in [0.4, 0.5) is 0 Å². The van der Waals surface area contributed by atoms with Gasteiger partial charge in [-0.25, -0.2) is 4.98 Å². The number of thiazole rings is 1. The summed E-state index contributed by atoms with van der Waals surface area (Å²) < 4.78 is 5.17. The summed E-state index contributed by atoms with van der Waals surface area (Å²) in [7, 11) is 1.65. The fourth-order valence-electron chi connectivity index (χ4n) is 1.75. The first kappa shape index (κ1) is 11.8. The molecule has 0 amide bonds. The number of aromatic nitrogens is 1. The minimum atomic E-state index is 0.521. The highest BCUT2D eigenvalue weighted by molar-refractivity contribution is 7.13. The van der Waals surface area contributed by atoms with Crippen molar-refractivity contribution in [1.29, 1.82) is 0 Å². The van der Waals surface area contributed by atoms with E-state index in [-0.39, 0.29) is 0 Å². The third-order valence-electron chi connectivity index (χ3n) is 2.60. The van der Waals surface area contributed by atoms with Gasteiger partial charge in [0.2, 0.25) is 0 Å². The average Bonchev–Trinajstić information content (AvgIpc) is 2.70. The fourth-order valence-corrected chi connectivity index (χ4v) is 2.50. The van der Waals surface area contributed by atoms with Crippen LogP contribution in [0, 0.1) is 13.8 Å². The summed E-state index contributed by atoms with van der Waals surface area (Å²) in [4.78, 5) is 16.1.